The zero-order chi connectivity index (χ0) is 29.4. The summed E-state index contributed by atoms with van der Waals surface area (Å²) >= 11 is 0. The first-order valence-electron chi connectivity index (χ1n) is 14.9. The highest BCUT2D eigenvalue weighted by atomic mass is 16.3. The SMILES string of the molecule is CC.CC.CC(C)c1ccc(N(CC2=CC=CCC=C2)C(=O)C2CCC3=C2C=CCCC3O)cc1.CN(C)C. The van der Waals surface area contributed by atoms with Crippen molar-refractivity contribution in [3.63, 3.8) is 0 Å². The molecule has 0 radical (unpaired) electrons. The molecular weight excluding hydrogens is 480 g/mol. The maximum atomic E-state index is 13.9. The minimum absolute atomic E-state index is 0.128. The zero-order valence-corrected chi connectivity index (χ0v) is 26.1. The molecule has 4 rings (SSSR count). The number of aliphatic hydroxyl groups is 1. The van der Waals surface area contributed by atoms with Gasteiger partial charge in [0.05, 0.1) is 18.6 Å². The molecule has 39 heavy (non-hydrogen) atoms. The van der Waals surface area contributed by atoms with Crippen LogP contribution in [-0.2, 0) is 4.79 Å². The van der Waals surface area contributed by atoms with Crippen molar-refractivity contribution in [1.82, 2.24) is 4.90 Å². The number of anilines is 1. The number of rotatable bonds is 5. The van der Waals surface area contributed by atoms with Gasteiger partial charge >= 0.3 is 0 Å². The van der Waals surface area contributed by atoms with Crippen LogP contribution in [-0.4, -0.2) is 49.7 Å². The molecule has 2 unspecified atom stereocenters. The van der Waals surface area contributed by atoms with E-state index in [1.807, 2.05) is 58.6 Å². The molecule has 1 amide bonds. The lowest BCUT2D eigenvalue weighted by Crippen LogP contribution is -2.37. The molecule has 0 fully saturated rings. The largest absolute Gasteiger partial charge is 0.389 e. The van der Waals surface area contributed by atoms with Gasteiger partial charge in [-0.15, -0.1) is 0 Å². The maximum Gasteiger partial charge on any atom is 0.234 e. The molecule has 1 aromatic rings. The highest BCUT2D eigenvalue weighted by Crippen LogP contribution is 2.39. The first-order valence-corrected chi connectivity index (χ1v) is 14.9. The van der Waals surface area contributed by atoms with Crippen LogP contribution >= 0.6 is 0 Å². The van der Waals surface area contributed by atoms with Crippen LogP contribution in [0.3, 0.4) is 0 Å². The topological polar surface area (TPSA) is 43.8 Å². The molecule has 1 N–H and O–H groups in total. The van der Waals surface area contributed by atoms with Crippen molar-refractivity contribution in [3.8, 4) is 0 Å². The Bertz CT molecular complexity index is 1010. The smallest absolute Gasteiger partial charge is 0.234 e. The van der Waals surface area contributed by atoms with E-state index >= 15 is 0 Å². The van der Waals surface area contributed by atoms with Gasteiger partial charge in [-0.05, 0) is 93.6 Å². The van der Waals surface area contributed by atoms with Crippen LogP contribution in [0.4, 0.5) is 5.69 Å². The summed E-state index contributed by atoms with van der Waals surface area (Å²) < 4.78 is 0. The van der Waals surface area contributed by atoms with E-state index < -0.39 is 6.10 Å². The molecule has 4 heteroatoms. The van der Waals surface area contributed by atoms with Crippen molar-refractivity contribution in [1.29, 1.82) is 0 Å². The molecule has 1 aromatic carbocycles. The fraction of sp³-hybridized carbons (Fsp3) is 0.514. The van der Waals surface area contributed by atoms with Crippen molar-refractivity contribution < 1.29 is 9.90 Å². The molecule has 216 valence electrons. The van der Waals surface area contributed by atoms with Crippen LogP contribution < -0.4 is 4.90 Å². The normalized spacial score (nSPS) is 19.4. The fourth-order valence-electron chi connectivity index (χ4n) is 4.74. The number of carbonyl (C=O) groups is 1. The summed E-state index contributed by atoms with van der Waals surface area (Å²) in [5.74, 6) is 0.397. The molecule has 0 saturated heterocycles. The Morgan fingerprint density at radius 3 is 2.21 bits per heavy atom. The summed E-state index contributed by atoms with van der Waals surface area (Å²) in [7, 11) is 6.00. The van der Waals surface area contributed by atoms with E-state index in [9.17, 15) is 9.90 Å². The quantitative estimate of drug-likeness (QED) is 0.414. The molecule has 2 atom stereocenters. The summed E-state index contributed by atoms with van der Waals surface area (Å²) in [6.45, 7) is 12.9. The lowest BCUT2D eigenvalue weighted by atomic mass is 9.96. The molecule has 3 aliphatic rings. The van der Waals surface area contributed by atoms with E-state index in [1.54, 1.807) is 0 Å². The lowest BCUT2D eigenvalue weighted by molar-refractivity contribution is -0.121. The Labute approximate surface area is 239 Å². The van der Waals surface area contributed by atoms with Crippen molar-refractivity contribution >= 4 is 11.6 Å². The summed E-state index contributed by atoms with van der Waals surface area (Å²) in [6, 6.07) is 8.41. The van der Waals surface area contributed by atoms with Crippen molar-refractivity contribution in [3.05, 3.63) is 89.1 Å². The third-order valence-corrected chi connectivity index (χ3v) is 6.58. The maximum absolute atomic E-state index is 13.9. The third-order valence-electron chi connectivity index (χ3n) is 6.58. The number of hydrogen-bond acceptors (Lipinski definition) is 3. The molecular formula is C35H54N2O2. The van der Waals surface area contributed by atoms with E-state index in [0.29, 0.717) is 12.5 Å². The molecule has 0 bridgehead atoms. The van der Waals surface area contributed by atoms with Crippen molar-refractivity contribution in [2.75, 3.05) is 32.6 Å². The van der Waals surface area contributed by atoms with Gasteiger partial charge in [-0.2, -0.15) is 0 Å². The third kappa shape index (κ3) is 10.8. The number of aliphatic hydroxyl groups excluding tert-OH is 1. The van der Waals surface area contributed by atoms with Gasteiger partial charge in [-0.25, -0.2) is 0 Å². The Balaban J connectivity index is 0.000000856. The predicted molar refractivity (Wildman–Crippen MR) is 170 cm³/mol. The molecule has 0 spiro atoms. The van der Waals surface area contributed by atoms with Crippen LogP contribution in [0, 0.1) is 5.92 Å². The number of carbonyl (C=O) groups excluding carboxylic acids is 1. The van der Waals surface area contributed by atoms with Crippen LogP contribution in [0.2, 0.25) is 0 Å². The van der Waals surface area contributed by atoms with E-state index in [0.717, 1.165) is 54.5 Å². The first-order chi connectivity index (χ1) is 18.8. The van der Waals surface area contributed by atoms with E-state index in [1.165, 1.54) is 5.56 Å². The Morgan fingerprint density at radius 2 is 1.59 bits per heavy atom. The Hall–Kier alpha value is -2.69. The highest BCUT2D eigenvalue weighted by molar-refractivity contribution is 5.98. The fourth-order valence-corrected chi connectivity index (χ4v) is 4.74. The van der Waals surface area contributed by atoms with E-state index in [-0.39, 0.29) is 11.8 Å². The average molecular weight is 535 g/mol. The van der Waals surface area contributed by atoms with Gasteiger partial charge < -0.3 is 14.9 Å². The number of nitrogens with zero attached hydrogens (tertiary/aromatic N) is 2. The predicted octanol–water partition coefficient (Wildman–Crippen LogP) is 8.23. The van der Waals surface area contributed by atoms with Crippen LogP contribution in [0.1, 0.15) is 85.1 Å². The first kappa shape index (κ1) is 34.3. The lowest BCUT2D eigenvalue weighted by Gasteiger charge is -2.27. The second-order valence-electron chi connectivity index (χ2n) is 10.4. The van der Waals surface area contributed by atoms with E-state index in [4.69, 9.17) is 0 Å². The van der Waals surface area contributed by atoms with Crippen molar-refractivity contribution in [2.24, 2.45) is 5.92 Å². The molecule has 3 aliphatic carbocycles. The molecule has 0 aliphatic heterocycles. The number of benzene rings is 1. The minimum Gasteiger partial charge on any atom is -0.389 e. The highest BCUT2D eigenvalue weighted by Gasteiger charge is 2.36. The summed E-state index contributed by atoms with van der Waals surface area (Å²) in [5, 5.41) is 10.5. The number of hydrogen-bond donors (Lipinski definition) is 1. The molecule has 0 heterocycles. The van der Waals surface area contributed by atoms with Gasteiger partial charge in [0, 0.05) is 5.69 Å². The Morgan fingerprint density at radius 1 is 0.949 bits per heavy atom. The van der Waals surface area contributed by atoms with Gasteiger partial charge in [-0.3, -0.25) is 4.79 Å². The average Bonchev–Trinajstić information content (AvgIpc) is 3.06. The summed E-state index contributed by atoms with van der Waals surface area (Å²) in [4.78, 5) is 17.8. The van der Waals surface area contributed by atoms with Gasteiger partial charge in [0.1, 0.15) is 0 Å². The van der Waals surface area contributed by atoms with Gasteiger partial charge in [0.25, 0.3) is 0 Å². The summed E-state index contributed by atoms with van der Waals surface area (Å²) in [5.41, 5.74) is 5.44. The second-order valence-corrected chi connectivity index (χ2v) is 10.4. The summed E-state index contributed by atoms with van der Waals surface area (Å²) in [6.07, 6.45) is 18.5. The van der Waals surface area contributed by atoms with Gasteiger partial charge in [-0.1, -0.05) is 96.2 Å². The van der Waals surface area contributed by atoms with Gasteiger partial charge in [0.15, 0.2) is 0 Å². The molecule has 0 saturated carbocycles. The number of allylic oxidation sites excluding steroid dienone is 6. The van der Waals surface area contributed by atoms with Gasteiger partial charge in [0.2, 0.25) is 5.91 Å². The minimum atomic E-state index is -0.417. The second kappa shape index (κ2) is 18.6. The van der Waals surface area contributed by atoms with Crippen LogP contribution in [0.25, 0.3) is 0 Å². The van der Waals surface area contributed by atoms with Crippen LogP contribution in [0.15, 0.2) is 83.5 Å². The zero-order valence-electron chi connectivity index (χ0n) is 26.1. The van der Waals surface area contributed by atoms with Crippen LogP contribution in [0.5, 0.6) is 0 Å². The molecule has 0 aromatic heterocycles. The molecule has 4 nitrogen and oxygen atoms in total. The van der Waals surface area contributed by atoms with Crippen molar-refractivity contribution in [2.45, 2.75) is 85.7 Å². The number of amides is 1. The standard InChI is InChI=1S/C28H33NO2.C3H9N.2C2H6/c1-20(2)22-13-15-23(16-14-22)29(19-21-9-5-3-4-6-10-21)28(31)26-18-17-25-24(26)11-7-8-12-27(25)30;1-4(2)3;2*1-2/h3,5-7,9-11,13-16,20,26-27,30H,4,8,12,17-19H2,1-2H3;1-3H3;2*1-2H3. The van der Waals surface area contributed by atoms with E-state index in [2.05, 4.69) is 80.6 Å². The monoisotopic (exact) mass is 534 g/mol. The Kier molecular flexibility index (Phi) is 16.4.